The Morgan fingerprint density at radius 1 is 1.36 bits per heavy atom. The van der Waals surface area contributed by atoms with E-state index < -0.39 is 11.6 Å². The van der Waals surface area contributed by atoms with Gasteiger partial charge in [-0.25, -0.2) is 4.39 Å². The monoisotopic (exact) mass is 202 g/mol. The molecule has 3 nitrogen and oxygen atoms in total. The Hall–Kier alpha value is -0.640. The topological polar surface area (TPSA) is 55.1 Å². The fourth-order valence-electron chi connectivity index (χ4n) is 1.62. The number of nitrogens with two attached hydrogens (primary N) is 1. The van der Waals surface area contributed by atoms with Crippen LogP contribution in [-0.2, 0) is 4.79 Å². The minimum atomic E-state index is -1.78. The highest BCUT2D eigenvalue weighted by Gasteiger charge is 2.29. The van der Waals surface area contributed by atoms with Crippen molar-refractivity contribution in [2.45, 2.75) is 57.3 Å². The maximum Gasteiger partial charge on any atom is 0.257 e. The minimum Gasteiger partial charge on any atom is -0.351 e. The molecule has 0 heterocycles. The first-order valence-corrected chi connectivity index (χ1v) is 5.15. The van der Waals surface area contributed by atoms with E-state index in [1.54, 1.807) is 0 Å². The summed E-state index contributed by atoms with van der Waals surface area (Å²) < 4.78 is 13.2. The van der Waals surface area contributed by atoms with E-state index in [0.717, 1.165) is 25.7 Å². The Balaban J connectivity index is 2.35. The molecule has 1 saturated carbocycles. The third kappa shape index (κ3) is 3.25. The van der Waals surface area contributed by atoms with Gasteiger partial charge in [-0.2, -0.15) is 0 Å². The zero-order chi connectivity index (χ0) is 10.8. The van der Waals surface area contributed by atoms with Crippen LogP contribution in [0.25, 0.3) is 0 Å². The van der Waals surface area contributed by atoms with Crippen molar-refractivity contribution in [3.8, 4) is 0 Å². The molecule has 3 N–H and O–H groups in total. The molecule has 1 aliphatic rings. The zero-order valence-electron chi connectivity index (χ0n) is 8.85. The number of hydrogen-bond acceptors (Lipinski definition) is 2. The standard InChI is InChI=1S/C10H19FN2O/c1-10(2,11)9(14)13-8-5-3-7(12)4-6-8/h7-8H,3-6,12H2,1-2H3,(H,13,14). The largest absolute Gasteiger partial charge is 0.351 e. The van der Waals surface area contributed by atoms with Crippen LogP contribution in [-0.4, -0.2) is 23.7 Å². The van der Waals surface area contributed by atoms with Crippen LogP contribution in [0.15, 0.2) is 0 Å². The number of nitrogens with one attached hydrogen (secondary N) is 1. The number of halogens is 1. The molecule has 0 radical (unpaired) electrons. The van der Waals surface area contributed by atoms with Crippen LogP contribution >= 0.6 is 0 Å². The Kier molecular flexibility index (Phi) is 3.48. The molecule has 0 unspecified atom stereocenters. The molecule has 82 valence electrons. The molecule has 0 aromatic rings. The van der Waals surface area contributed by atoms with Crippen LogP contribution in [0.2, 0.25) is 0 Å². The molecule has 1 aliphatic carbocycles. The van der Waals surface area contributed by atoms with Gasteiger partial charge in [0.05, 0.1) is 0 Å². The van der Waals surface area contributed by atoms with Crippen LogP contribution in [0, 0.1) is 0 Å². The Labute approximate surface area is 84.2 Å². The van der Waals surface area contributed by atoms with Crippen molar-refractivity contribution >= 4 is 5.91 Å². The summed E-state index contributed by atoms with van der Waals surface area (Å²) in [5.74, 6) is -0.516. The zero-order valence-corrected chi connectivity index (χ0v) is 8.85. The average Bonchev–Trinajstić information content (AvgIpc) is 2.07. The molecule has 0 atom stereocenters. The summed E-state index contributed by atoms with van der Waals surface area (Å²) in [5, 5.41) is 2.71. The average molecular weight is 202 g/mol. The molecule has 0 spiro atoms. The summed E-state index contributed by atoms with van der Waals surface area (Å²) in [6, 6.07) is 0.360. The Morgan fingerprint density at radius 2 is 1.86 bits per heavy atom. The van der Waals surface area contributed by atoms with Crippen molar-refractivity contribution in [1.82, 2.24) is 5.32 Å². The quantitative estimate of drug-likeness (QED) is 0.705. The van der Waals surface area contributed by atoms with E-state index in [9.17, 15) is 9.18 Å². The number of carbonyl (C=O) groups excluding carboxylic acids is 1. The van der Waals surface area contributed by atoms with E-state index in [0.29, 0.717) is 0 Å². The van der Waals surface area contributed by atoms with Gasteiger partial charge in [0.25, 0.3) is 5.91 Å². The normalized spacial score (nSPS) is 28.6. The highest BCUT2D eigenvalue weighted by molar-refractivity contribution is 5.84. The fourth-order valence-corrected chi connectivity index (χ4v) is 1.62. The third-order valence-electron chi connectivity index (χ3n) is 2.65. The molecule has 1 amide bonds. The lowest BCUT2D eigenvalue weighted by atomic mass is 9.91. The minimum absolute atomic E-state index is 0.109. The van der Waals surface area contributed by atoms with Gasteiger partial charge < -0.3 is 11.1 Å². The van der Waals surface area contributed by atoms with E-state index in [-0.39, 0.29) is 12.1 Å². The molecule has 0 saturated heterocycles. The van der Waals surface area contributed by atoms with Gasteiger partial charge in [0.1, 0.15) is 0 Å². The molecule has 4 heteroatoms. The summed E-state index contributed by atoms with van der Waals surface area (Å²) in [4.78, 5) is 11.3. The predicted molar refractivity (Wildman–Crippen MR) is 53.6 cm³/mol. The second-order valence-corrected chi connectivity index (χ2v) is 4.56. The summed E-state index contributed by atoms with van der Waals surface area (Å²) in [7, 11) is 0. The highest BCUT2D eigenvalue weighted by Crippen LogP contribution is 2.18. The SMILES string of the molecule is CC(C)(F)C(=O)NC1CCC(N)CC1. The van der Waals surface area contributed by atoms with E-state index >= 15 is 0 Å². The fraction of sp³-hybridized carbons (Fsp3) is 0.900. The Morgan fingerprint density at radius 3 is 2.29 bits per heavy atom. The summed E-state index contributed by atoms with van der Waals surface area (Å²) in [6.45, 7) is 2.55. The molecule has 0 bridgehead atoms. The first kappa shape index (κ1) is 11.4. The molecule has 0 aliphatic heterocycles. The second-order valence-electron chi connectivity index (χ2n) is 4.56. The summed E-state index contributed by atoms with van der Waals surface area (Å²) in [6.07, 6.45) is 3.56. The van der Waals surface area contributed by atoms with Crippen molar-refractivity contribution in [2.75, 3.05) is 0 Å². The number of carbonyl (C=O) groups is 1. The molecule has 14 heavy (non-hydrogen) atoms. The van der Waals surface area contributed by atoms with E-state index in [1.807, 2.05) is 0 Å². The van der Waals surface area contributed by atoms with Gasteiger partial charge in [0.2, 0.25) is 0 Å². The van der Waals surface area contributed by atoms with Gasteiger partial charge in [0, 0.05) is 12.1 Å². The lowest BCUT2D eigenvalue weighted by molar-refractivity contribution is -0.131. The second kappa shape index (κ2) is 4.26. The van der Waals surface area contributed by atoms with Gasteiger partial charge in [-0.15, -0.1) is 0 Å². The first-order chi connectivity index (χ1) is 6.39. The molecule has 0 aromatic heterocycles. The van der Waals surface area contributed by atoms with E-state index in [4.69, 9.17) is 5.73 Å². The maximum atomic E-state index is 13.2. The molecule has 0 aromatic carbocycles. The van der Waals surface area contributed by atoms with Crippen molar-refractivity contribution in [3.05, 3.63) is 0 Å². The number of rotatable bonds is 2. The van der Waals surface area contributed by atoms with Gasteiger partial charge in [-0.3, -0.25) is 4.79 Å². The van der Waals surface area contributed by atoms with Gasteiger partial charge in [-0.1, -0.05) is 0 Å². The third-order valence-corrected chi connectivity index (χ3v) is 2.65. The van der Waals surface area contributed by atoms with Crippen LogP contribution < -0.4 is 11.1 Å². The summed E-state index contributed by atoms with van der Waals surface area (Å²) in [5.41, 5.74) is 3.95. The van der Waals surface area contributed by atoms with Crippen LogP contribution in [0.4, 0.5) is 4.39 Å². The number of alkyl halides is 1. The lowest BCUT2D eigenvalue weighted by Crippen LogP contribution is -2.46. The molecule has 1 rings (SSSR count). The number of hydrogen-bond donors (Lipinski definition) is 2. The Bertz CT molecular complexity index is 205. The molecule has 1 fully saturated rings. The maximum absolute atomic E-state index is 13.2. The van der Waals surface area contributed by atoms with Gasteiger partial charge in [0.15, 0.2) is 5.67 Å². The molecular formula is C10H19FN2O. The molecular weight excluding hydrogens is 183 g/mol. The van der Waals surface area contributed by atoms with Crippen LogP contribution in [0.3, 0.4) is 0 Å². The van der Waals surface area contributed by atoms with Gasteiger partial charge in [-0.05, 0) is 39.5 Å². The van der Waals surface area contributed by atoms with Crippen LogP contribution in [0.5, 0.6) is 0 Å². The van der Waals surface area contributed by atoms with E-state index in [2.05, 4.69) is 5.32 Å². The highest BCUT2D eigenvalue weighted by atomic mass is 19.1. The summed E-state index contributed by atoms with van der Waals surface area (Å²) >= 11 is 0. The van der Waals surface area contributed by atoms with Gasteiger partial charge >= 0.3 is 0 Å². The number of amides is 1. The van der Waals surface area contributed by atoms with Crippen molar-refractivity contribution in [3.63, 3.8) is 0 Å². The van der Waals surface area contributed by atoms with Crippen LogP contribution in [0.1, 0.15) is 39.5 Å². The van der Waals surface area contributed by atoms with Crippen molar-refractivity contribution in [1.29, 1.82) is 0 Å². The smallest absolute Gasteiger partial charge is 0.257 e. The first-order valence-electron chi connectivity index (χ1n) is 5.15. The van der Waals surface area contributed by atoms with E-state index in [1.165, 1.54) is 13.8 Å². The van der Waals surface area contributed by atoms with Crippen molar-refractivity contribution in [2.24, 2.45) is 5.73 Å². The predicted octanol–water partition coefficient (Wildman–Crippen LogP) is 1.12. The van der Waals surface area contributed by atoms with Crippen molar-refractivity contribution < 1.29 is 9.18 Å². The lowest BCUT2D eigenvalue weighted by Gasteiger charge is -2.28.